The molecule has 8 heteroatoms. The average Bonchev–Trinajstić information content (AvgIpc) is 3.08. The molecule has 0 saturated carbocycles. The molecule has 0 aliphatic carbocycles. The minimum Gasteiger partial charge on any atom is -0.355 e. The van der Waals surface area contributed by atoms with Crippen molar-refractivity contribution in [3.63, 3.8) is 0 Å². The Hall–Kier alpha value is -1.67. The van der Waals surface area contributed by atoms with Crippen molar-refractivity contribution in [1.82, 2.24) is 35.2 Å². The second kappa shape index (κ2) is 7.29. The number of aliphatic imine (C=N–C) groups is 1. The van der Waals surface area contributed by atoms with Gasteiger partial charge in [0, 0.05) is 71.2 Å². The first-order valence-corrected chi connectivity index (χ1v) is 9.61. The standard InChI is InChI=1S/C17H30N8/c1-3-15-21-16-5-4-13(11-25(16)22-15)20-17(18-2)19-10-14-12-23-6-8-24(14)9-7-23/h13-14H,3-12H2,1-2H3,(H2,18,19,20). The Labute approximate surface area is 149 Å². The van der Waals surface area contributed by atoms with E-state index in [-0.39, 0.29) is 0 Å². The van der Waals surface area contributed by atoms with Gasteiger partial charge in [-0.05, 0) is 6.42 Å². The number of aromatic nitrogens is 3. The summed E-state index contributed by atoms with van der Waals surface area (Å²) >= 11 is 0. The van der Waals surface area contributed by atoms with Gasteiger partial charge in [0.15, 0.2) is 11.8 Å². The van der Waals surface area contributed by atoms with Crippen molar-refractivity contribution in [2.24, 2.45) is 4.99 Å². The maximum atomic E-state index is 4.59. The van der Waals surface area contributed by atoms with Crippen LogP contribution in [0, 0.1) is 0 Å². The number of hydrogen-bond acceptors (Lipinski definition) is 5. The van der Waals surface area contributed by atoms with E-state index < -0.39 is 0 Å². The maximum absolute atomic E-state index is 4.59. The zero-order valence-electron chi connectivity index (χ0n) is 15.4. The first-order chi connectivity index (χ1) is 12.2. The van der Waals surface area contributed by atoms with Crippen LogP contribution in [0.3, 0.4) is 0 Å². The van der Waals surface area contributed by atoms with E-state index in [0.717, 1.165) is 50.0 Å². The fourth-order valence-electron chi connectivity index (χ4n) is 4.15. The van der Waals surface area contributed by atoms with Gasteiger partial charge in [0.25, 0.3) is 0 Å². The molecular formula is C17H30N8. The molecule has 5 rings (SSSR count). The molecule has 0 spiro atoms. The number of hydrogen-bond donors (Lipinski definition) is 2. The molecular weight excluding hydrogens is 316 g/mol. The number of nitrogens with zero attached hydrogens (tertiary/aromatic N) is 6. The van der Waals surface area contributed by atoms with Crippen molar-refractivity contribution < 1.29 is 0 Å². The van der Waals surface area contributed by atoms with Crippen LogP contribution in [0.2, 0.25) is 0 Å². The number of guanidine groups is 1. The SMILES string of the molecule is CCc1nc2n(n1)CC(NC(=NC)NCC1CN3CCN1CC3)CC2. The van der Waals surface area contributed by atoms with E-state index in [4.69, 9.17) is 0 Å². The van der Waals surface area contributed by atoms with Crippen LogP contribution in [0.4, 0.5) is 0 Å². The van der Waals surface area contributed by atoms with Gasteiger partial charge in [0.1, 0.15) is 5.82 Å². The second-order valence-corrected chi connectivity index (χ2v) is 7.30. The molecule has 4 aliphatic rings. The molecule has 0 radical (unpaired) electrons. The maximum Gasteiger partial charge on any atom is 0.191 e. The lowest BCUT2D eigenvalue weighted by Gasteiger charge is -2.47. The van der Waals surface area contributed by atoms with Crippen LogP contribution in [0.5, 0.6) is 0 Å². The molecule has 2 N–H and O–H groups in total. The molecule has 1 aromatic heterocycles. The zero-order chi connectivity index (χ0) is 17.2. The Morgan fingerprint density at radius 1 is 1.24 bits per heavy atom. The van der Waals surface area contributed by atoms with Crippen LogP contribution in [0.15, 0.2) is 4.99 Å². The van der Waals surface area contributed by atoms with Gasteiger partial charge in [-0.15, -0.1) is 0 Å². The summed E-state index contributed by atoms with van der Waals surface area (Å²) in [6.45, 7) is 9.97. The lowest BCUT2D eigenvalue weighted by molar-refractivity contribution is 0.0154. The van der Waals surface area contributed by atoms with Crippen molar-refractivity contribution in [3.05, 3.63) is 11.6 Å². The van der Waals surface area contributed by atoms with Gasteiger partial charge in [-0.2, -0.15) is 5.10 Å². The van der Waals surface area contributed by atoms with Gasteiger partial charge in [-0.3, -0.25) is 14.8 Å². The third kappa shape index (κ3) is 3.64. The molecule has 1 aromatic rings. The van der Waals surface area contributed by atoms with E-state index in [1.54, 1.807) is 0 Å². The van der Waals surface area contributed by atoms with E-state index in [0.29, 0.717) is 12.1 Å². The van der Waals surface area contributed by atoms with Gasteiger partial charge >= 0.3 is 0 Å². The number of aryl methyl sites for hydroxylation is 2. The topological polar surface area (TPSA) is 73.6 Å². The summed E-state index contributed by atoms with van der Waals surface area (Å²) in [7, 11) is 1.85. The minimum absolute atomic E-state index is 0.358. The predicted octanol–water partition coefficient (Wildman–Crippen LogP) is -0.680. The summed E-state index contributed by atoms with van der Waals surface area (Å²) in [4.78, 5) is 14.2. The first kappa shape index (κ1) is 16.8. The molecule has 0 amide bonds. The largest absolute Gasteiger partial charge is 0.355 e. The van der Waals surface area contributed by atoms with Gasteiger partial charge < -0.3 is 10.6 Å². The molecule has 2 bridgehead atoms. The Bertz CT molecular complexity index is 616. The molecule has 3 fully saturated rings. The summed E-state index contributed by atoms with van der Waals surface area (Å²) in [5, 5.41) is 11.7. The van der Waals surface area contributed by atoms with E-state index in [2.05, 4.69) is 47.1 Å². The normalized spacial score (nSPS) is 31.7. The highest BCUT2D eigenvalue weighted by molar-refractivity contribution is 5.80. The minimum atomic E-state index is 0.358. The van der Waals surface area contributed by atoms with Gasteiger partial charge in [0.2, 0.25) is 0 Å². The fraction of sp³-hybridized carbons (Fsp3) is 0.824. The van der Waals surface area contributed by atoms with Crippen LogP contribution in [-0.4, -0.2) is 88.9 Å². The van der Waals surface area contributed by atoms with Crippen LogP contribution >= 0.6 is 0 Å². The number of piperazine rings is 3. The van der Waals surface area contributed by atoms with Crippen LogP contribution < -0.4 is 10.6 Å². The zero-order valence-corrected chi connectivity index (χ0v) is 15.4. The molecule has 5 heterocycles. The summed E-state index contributed by atoms with van der Waals surface area (Å²) in [5.41, 5.74) is 0. The van der Waals surface area contributed by atoms with E-state index in [1.165, 1.54) is 32.7 Å². The third-order valence-electron chi connectivity index (χ3n) is 5.68. The van der Waals surface area contributed by atoms with Crippen LogP contribution in [0.1, 0.15) is 25.0 Å². The van der Waals surface area contributed by atoms with Crippen molar-refractivity contribution in [1.29, 1.82) is 0 Å². The number of rotatable bonds is 4. The molecule has 0 aromatic carbocycles. The van der Waals surface area contributed by atoms with Crippen molar-refractivity contribution >= 4 is 5.96 Å². The second-order valence-electron chi connectivity index (χ2n) is 7.30. The third-order valence-corrected chi connectivity index (χ3v) is 5.68. The Kier molecular flexibility index (Phi) is 4.89. The van der Waals surface area contributed by atoms with Crippen LogP contribution in [-0.2, 0) is 19.4 Å². The van der Waals surface area contributed by atoms with Gasteiger partial charge in [-0.25, -0.2) is 9.67 Å². The molecule has 3 saturated heterocycles. The molecule has 25 heavy (non-hydrogen) atoms. The molecule has 138 valence electrons. The van der Waals surface area contributed by atoms with Gasteiger partial charge in [0.05, 0.1) is 6.54 Å². The summed E-state index contributed by atoms with van der Waals surface area (Å²) < 4.78 is 2.06. The molecule has 4 aliphatic heterocycles. The van der Waals surface area contributed by atoms with E-state index in [9.17, 15) is 0 Å². The highest BCUT2D eigenvalue weighted by Gasteiger charge is 2.31. The highest BCUT2D eigenvalue weighted by atomic mass is 15.4. The predicted molar refractivity (Wildman–Crippen MR) is 97.8 cm³/mol. The first-order valence-electron chi connectivity index (χ1n) is 9.61. The van der Waals surface area contributed by atoms with Crippen molar-refractivity contribution in [2.75, 3.05) is 46.3 Å². The van der Waals surface area contributed by atoms with Gasteiger partial charge in [-0.1, -0.05) is 6.92 Å². The van der Waals surface area contributed by atoms with E-state index >= 15 is 0 Å². The van der Waals surface area contributed by atoms with Crippen LogP contribution in [0.25, 0.3) is 0 Å². The Morgan fingerprint density at radius 2 is 2.08 bits per heavy atom. The Morgan fingerprint density at radius 3 is 2.76 bits per heavy atom. The summed E-state index contributed by atoms with van der Waals surface area (Å²) in [6, 6.07) is 0.957. The lowest BCUT2D eigenvalue weighted by Crippen LogP contribution is -2.64. The number of fused-ring (bicyclic) bond motifs is 4. The molecule has 2 unspecified atom stereocenters. The fourth-order valence-corrected chi connectivity index (χ4v) is 4.15. The van der Waals surface area contributed by atoms with Crippen molar-refractivity contribution in [3.8, 4) is 0 Å². The molecule has 8 nitrogen and oxygen atoms in total. The lowest BCUT2D eigenvalue weighted by atomic mass is 10.1. The Balaban J connectivity index is 1.29. The quantitative estimate of drug-likeness (QED) is 0.556. The molecule has 2 atom stereocenters. The smallest absolute Gasteiger partial charge is 0.191 e. The summed E-state index contributed by atoms with van der Waals surface area (Å²) in [5.74, 6) is 2.98. The highest BCUT2D eigenvalue weighted by Crippen LogP contribution is 2.15. The average molecular weight is 346 g/mol. The monoisotopic (exact) mass is 346 g/mol. The van der Waals surface area contributed by atoms with Crippen molar-refractivity contribution in [2.45, 2.75) is 44.8 Å². The van der Waals surface area contributed by atoms with E-state index in [1.807, 2.05) is 7.05 Å². The summed E-state index contributed by atoms with van der Waals surface area (Å²) in [6.07, 6.45) is 2.95. The number of nitrogens with one attached hydrogen (secondary N) is 2.